The smallest absolute Gasteiger partial charge is 0.324 e. The Kier molecular flexibility index (Phi) is 4.02. The van der Waals surface area contributed by atoms with Crippen molar-refractivity contribution in [3.63, 3.8) is 0 Å². The Morgan fingerprint density at radius 3 is 2.48 bits per heavy atom. The number of nitrogens with one attached hydrogen (secondary N) is 1. The number of amides is 4. The maximum atomic E-state index is 12.0. The van der Waals surface area contributed by atoms with Gasteiger partial charge in [0.1, 0.15) is 13.1 Å². The molecule has 1 aliphatic heterocycles. The number of nitrogens with zero attached hydrogens (tertiary/aromatic N) is 2. The summed E-state index contributed by atoms with van der Waals surface area (Å²) in [6.07, 6.45) is 0. The van der Waals surface area contributed by atoms with E-state index in [-0.39, 0.29) is 18.9 Å². The molecular formula is C14H15N3O4. The highest BCUT2D eigenvalue weighted by Gasteiger charge is 2.34. The Morgan fingerprint density at radius 1 is 1.24 bits per heavy atom. The van der Waals surface area contributed by atoms with Gasteiger partial charge >= 0.3 is 6.03 Å². The van der Waals surface area contributed by atoms with Crippen LogP contribution in [0.25, 0.3) is 0 Å². The summed E-state index contributed by atoms with van der Waals surface area (Å²) in [5, 5.41) is 2.55. The number of Topliss-reactive ketones (excluding diaryl/α,β-unsaturated/α-hetero) is 1. The number of anilines is 1. The Balaban J connectivity index is 2.08. The molecule has 0 saturated carbocycles. The van der Waals surface area contributed by atoms with Crippen LogP contribution in [0.5, 0.6) is 0 Å². The second-order valence-corrected chi connectivity index (χ2v) is 4.77. The molecule has 1 N–H and O–H groups in total. The number of carbonyl (C=O) groups is 4. The molecule has 1 heterocycles. The number of ketones is 1. The number of imide groups is 1. The summed E-state index contributed by atoms with van der Waals surface area (Å²) in [5.74, 6) is -1.13. The quantitative estimate of drug-likeness (QED) is 0.653. The molecule has 7 heteroatoms. The molecule has 21 heavy (non-hydrogen) atoms. The molecule has 0 bridgehead atoms. The molecule has 7 nitrogen and oxygen atoms in total. The fourth-order valence-electron chi connectivity index (χ4n) is 2.06. The van der Waals surface area contributed by atoms with E-state index in [9.17, 15) is 19.2 Å². The average molecular weight is 289 g/mol. The van der Waals surface area contributed by atoms with Crippen LogP contribution in [0.4, 0.5) is 10.5 Å². The minimum absolute atomic E-state index is 0.0316. The molecule has 1 aromatic rings. The fraction of sp³-hybridized carbons (Fsp3) is 0.286. The van der Waals surface area contributed by atoms with E-state index >= 15 is 0 Å². The van der Waals surface area contributed by atoms with E-state index in [2.05, 4.69) is 5.32 Å². The summed E-state index contributed by atoms with van der Waals surface area (Å²) >= 11 is 0. The monoisotopic (exact) mass is 289 g/mol. The van der Waals surface area contributed by atoms with Gasteiger partial charge in [-0.3, -0.25) is 19.3 Å². The van der Waals surface area contributed by atoms with Crippen molar-refractivity contribution >= 4 is 29.3 Å². The van der Waals surface area contributed by atoms with E-state index < -0.39 is 17.8 Å². The third kappa shape index (κ3) is 3.07. The van der Waals surface area contributed by atoms with Crippen LogP contribution in [0.15, 0.2) is 24.3 Å². The van der Waals surface area contributed by atoms with Crippen LogP contribution < -0.4 is 5.32 Å². The van der Waals surface area contributed by atoms with Crippen molar-refractivity contribution in [3.05, 3.63) is 29.8 Å². The maximum Gasteiger partial charge on any atom is 0.327 e. The summed E-state index contributed by atoms with van der Waals surface area (Å²) in [7, 11) is 1.49. The molecule has 0 unspecified atom stereocenters. The minimum Gasteiger partial charge on any atom is -0.324 e. The highest BCUT2D eigenvalue weighted by molar-refractivity contribution is 6.08. The zero-order valence-corrected chi connectivity index (χ0v) is 11.8. The lowest BCUT2D eigenvalue weighted by molar-refractivity contribution is -0.129. The fourth-order valence-corrected chi connectivity index (χ4v) is 2.06. The lowest BCUT2D eigenvalue weighted by Crippen LogP contribution is -2.38. The summed E-state index contributed by atoms with van der Waals surface area (Å²) in [4.78, 5) is 48.8. The van der Waals surface area contributed by atoms with Crippen molar-refractivity contribution < 1.29 is 19.2 Å². The molecule has 1 fully saturated rings. The van der Waals surface area contributed by atoms with Gasteiger partial charge in [0.25, 0.3) is 5.91 Å². The third-order valence-electron chi connectivity index (χ3n) is 3.11. The molecule has 0 radical (unpaired) electrons. The second-order valence-electron chi connectivity index (χ2n) is 4.77. The summed E-state index contributed by atoms with van der Waals surface area (Å²) < 4.78 is 0. The van der Waals surface area contributed by atoms with Gasteiger partial charge in [0.2, 0.25) is 5.91 Å². The highest BCUT2D eigenvalue weighted by Crippen LogP contribution is 2.16. The van der Waals surface area contributed by atoms with Gasteiger partial charge in [-0.15, -0.1) is 0 Å². The lowest BCUT2D eigenvalue weighted by atomic mass is 10.1. The standard InChI is InChI=1S/C14H15N3O4/c1-9(18)10-5-3-4-6-11(10)15-12(19)7-17-13(20)8-16(2)14(17)21/h3-6H,7-8H2,1-2H3,(H,15,19). The van der Waals surface area contributed by atoms with E-state index in [0.29, 0.717) is 11.3 Å². The zero-order valence-electron chi connectivity index (χ0n) is 11.8. The number of carbonyl (C=O) groups excluding carboxylic acids is 4. The summed E-state index contributed by atoms with van der Waals surface area (Å²) in [6, 6.07) is 6.05. The van der Waals surface area contributed by atoms with Crippen molar-refractivity contribution in [1.82, 2.24) is 9.80 Å². The van der Waals surface area contributed by atoms with Gasteiger partial charge in [-0.25, -0.2) is 4.79 Å². The molecule has 0 spiro atoms. The van der Waals surface area contributed by atoms with Gasteiger partial charge in [-0.1, -0.05) is 12.1 Å². The van der Waals surface area contributed by atoms with E-state index in [1.165, 1.54) is 18.9 Å². The first-order chi connectivity index (χ1) is 9.90. The highest BCUT2D eigenvalue weighted by atomic mass is 16.2. The van der Waals surface area contributed by atoms with E-state index in [4.69, 9.17) is 0 Å². The van der Waals surface area contributed by atoms with Crippen molar-refractivity contribution in [2.75, 3.05) is 25.5 Å². The molecule has 1 aliphatic rings. The number of likely N-dealkylation sites (N-methyl/N-ethyl adjacent to an activating group) is 1. The molecule has 1 aromatic carbocycles. The molecule has 4 amide bonds. The Labute approximate surface area is 121 Å². The molecular weight excluding hydrogens is 274 g/mol. The Hall–Kier alpha value is -2.70. The van der Waals surface area contributed by atoms with Crippen LogP contribution in [0.1, 0.15) is 17.3 Å². The molecule has 0 atom stereocenters. The SMILES string of the molecule is CC(=O)c1ccccc1NC(=O)CN1C(=O)CN(C)C1=O. The number of para-hydroxylation sites is 1. The van der Waals surface area contributed by atoms with Gasteiger partial charge < -0.3 is 10.2 Å². The van der Waals surface area contributed by atoms with Gasteiger partial charge in [-0.05, 0) is 19.1 Å². The largest absolute Gasteiger partial charge is 0.327 e. The zero-order chi connectivity index (χ0) is 15.6. The number of hydrogen-bond donors (Lipinski definition) is 1. The van der Waals surface area contributed by atoms with Gasteiger partial charge in [-0.2, -0.15) is 0 Å². The Bertz CT molecular complexity index is 626. The number of urea groups is 1. The lowest BCUT2D eigenvalue weighted by Gasteiger charge is -2.14. The first-order valence-electron chi connectivity index (χ1n) is 6.35. The van der Waals surface area contributed by atoms with Crippen molar-refractivity contribution in [1.29, 1.82) is 0 Å². The topological polar surface area (TPSA) is 86.8 Å². The summed E-state index contributed by atoms with van der Waals surface area (Å²) in [6.45, 7) is 0.998. The maximum absolute atomic E-state index is 12.0. The predicted octanol–water partition coefficient (Wildman–Crippen LogP) is 0.722. The number of benzene rings is 1. The molecule has 1 saturated heterocycles. The van der Waals surface area contributed by atoms with Crippen molar-refractivity contribution in [2.45, 2.75) is 6.92 Å². The van der Waals surface area contributed by atoms with E-state index in [0.717, 1.165) is 4.90 Å². The van der Waals surface area contributed by atoms with Crippen LogP contribution in [0.3, 0.4) is 0 Å². The van der Waals surface area contributed by atoms with Crippen molar-refractivity contribution in [3.8, 4) is 0 Å². The van der Waals surface area contributed by atoms with Crippen LogP contribution in [0.2, 0.25) is 0 Å². The molecule has 110 valence electrons. The molecule has 0 aromatic heterocycles. The average Bonchev–Trinajstić information content (AvgIpc) is 2.66. The number of rotatable bonds is 4. The first kappa shape index (κ1) is 14.7. The van der Waals surface area contributed by atoms with Crippen LogP contribution >= 0.6 is 0 Å². The first-order valence-corrected chi connectivity index (χ1v) is 6.35. The third-order valence-corrected chi connectivity index (χ3v) is 3.11. The predicted molar refractivity (Wildman–Crippen MR) is 74.8 cm³/mol. The summed E-state index contributed by atoms with van der Waals surface area (Å²) in [5.41, 5.74) is 0.740. The molecule has 0 aliphatic carbocycles. The Morgan fingerprint density at radius 2 is 1.90 bits per heavy atom. The van der Waals surface area contributed by atoms with E-state index in [1.807, 2.05) is 0 Å². The minimum atomic E-state index is -0.527. The van der Waals surface area contributed by atoms with Crippen molar-refractivity contribution in [2.24, 2.45) is 0 Å². The second kappa shape index (κ2) is 5.74. The molecule has 2 rings (SSSR count). The van der Waals surface area contributed by atoms with Gasteiger partial charge in [0, 0.05) is 12.6 Å². The normalized spacial score (nSPS) is 14.6. The number of hydrogen-bond acceptors (Lipinski definition) is 4. The van der Waals surface area contributed by atoms with Gasteiger partial charge in [0.15, 0.2) is 5.78 Å². The van der Waals surface area contributed by atoms with Gasteiger partial charge in [0.05, 0.1) is 5.69 Å². The van der Waals surface area contributed by atoms with E-state index in [1.54, 1.807) is 24.3 Å². The van der Waals surface area contributed by atoms with Crippen LogP contribution in [0, 0.1) is 0 Å². The van der Waals surface area contributed by atoms with Crippen LogP contribution in [-0.2, 0) is 9.59 Å². The van der Waals surface area contributed by atoms with Crippen LogP contribution in [-0.4, -0.2) is 53.6 Å².